The maximum absolute atomic E-state index is 13.3. The molecule has 0 radical (unpaired) electrons. The fourth-order valence-electron chi connectivity index (χ4n) is 3.25. The van der Waals surface area contributed by atoms with Crippen LogP contribution in [0, 0.1) is 6.92 Å². The fraction of sp³-hybridized carbons (Fsp3) is 0.174. The van der Waals surface area contributed by atoms with Crippen LogP contribution in [0.5, 0.6) is 5.75 Å². The molecule has 158 valence electrons. The Hall–Kier alpha value is -3.16. The van der Waals surface area contributed by atoms with E-state index in [0.717, 1.165) is 22.4 Å². The van der Waals surface area contributed by atoms with Gasteiger partial charge >= 0.3 is 0 Å². The lowest BCUT2D eigenvalue weighted by Gasteiger charge is -2.15. The second-order valence-corrected chi connectivity index (χ2v) is 8.41. The van der Waals surface area contributed by atoms with Gasteiger partial charge in [-0.05, 0) is 49.2 Å². The molecule has 31 heavy (non-hydrogen) atoms. The van der Waals surface area contributed by atoms with Crippen molar-refractivity contribution in [3.05, 3.63) is 75.1 Å². The van der Waals surface area contributed by atoms with Crippen LogP contribution in [-0.2, 0) is 4.79 Å². The van der Waals surface area contributed by atoms with E-state index in [1.807, 2.05) is 42.6 Å². The summed E-state index contributed by atoms with van der Waals surface area (Å²) in [5, 5.41) is 5.78. The summed E-state index contributed by atoms with van der Waals surface area (Å²) in [6.45, 7) is 3.55. The molecule has 4 aromatic rings. The van der Waals surface area contributed by atoms with Gasteiger partial charge in [-0.3, -0.25) is 14.2 Å². The Bertz CT molecular complexity index is 1330. The van der Waals surface area contributed by atoms with E-state index in [0.29, 0.717) is 20.9 Å². The standard InChI is InChI=1S/C23H20ClN3O3S/c1-13-4-7-16(10-19(13)24)26-21(28)14(2)27-12-25-22-20(23(27)29)18(11-31-22)15-5-8-17(30-3)9-6-15/h4-12,14H,1-3H3,(H,26,28). The van der Waals surface area contributed by atoms with Crippen LogP contribution in [-0.4, -0.2) is 22.6 Å². The molecule has 0 aliphatic rings. The van der Waals surface area contributed by atoms with Gasteiger partial charge in [0.1, 0.15) is 16.6 Å². The number of amides is 1. The van der Waals surface area contributed by atoms with Gasteiger partial charge in [-0.15, -0.1) is 11.3 Å². The number of nitrogens with zero attached hydrogens (tertiary/aromatic N) is 2. The van der Waals surface area contributed by atoms with Crippen LogP contribution in [0.3, 0.4) is 0 Å². The molecule has 4 rings (SSSR count). The first-order valence-electron chi connectivity index (χ1n) is 9.59. The number of anilines is 1. The van der Waals surface area contributed by atoms with Crippen LogP contribution >= 0.6 is 22.9 Å². The number of methoxy groups -OCH3 is 1. The van der Waals surface area contributed by atoms with E-state index in [2.05, 4.69) is 10.3 Å². The zero-order valence-corrected chi connectivity index (χ0v) is 18.8. The molecule has 2 aromatic carbocycles. The van der Waals surface area contributed by atoms with Crippen LogP contribution in [0.25, 0.3) is 21.3 Å². The van der Waals surface area contributed by atoms with Crippen molar-refractivity contribution in [3.63, 3.8) is 0 Å². The Labute approximate surface area is 188 Å². The van der Waals surface area contributed by atoms with Gasteiger partial charge in [0.25, 0.3) is 5.56 Å². The first-order chi connectivity index (χ1) is 14.9. The highest BCUT2D eigenvalue weighted by molar-refractivity contribution is 7.17. The van der Waals surface area contributed by atoms with Gasteiger partial charge in [0, 0.05) is 21.7 Å². The van der Waals surface area contributed by atoms with Crippen molar-refractivity contribution in [2.75, 3.05) is 12.4 Å². The second kappa shape index (κ2) is 8.53. The molecule has 2 heterocycles. The summed E-state index contributed by atoms with van der Waals surface area (Å²) in [7, 11) is 1.61. The van der Waals surface area contributed by atoms with Crippen LogP contribution in [0.2, 0.25) is 5.02 Å². The molecule has 0 bridgehead atoms. The number of thiophene rings is 1. The van der Waals surface area contributed by atoms with Gasteiger partial charge in [-0.1, -0.05) is 29.8 Å². The minimum atomic E-state index is -0.756. The maximum atomic E-state index is 13.3. The number of ether oxygens (including phenoxy) is 1. The highest BCUT2D eigenvalue weighted by Crippen LogP contribution is 2.32. The third-order valence-corrected chi connectivity index (χ3v) is 6.45. The zero-order chi connectivity index (χ0) is 22.1. The van der Waals surface area contributed by atoms with Gasteiger partial charge in [-0.2, -0.15) is 0 Å². The van der Waals surface area contributed by atoms with E-state index in [1.165, 1.54) is 22.2 Å². The molecule has 0 aliphatic heterocycles. The van der Waals surface area contributed by atoms with Gasteiger partial charge in [0.2, 0.25) is 5.91 Å². The van der Waals surface area contributed by atoms with Gasteiger partial charge < -0.3 is 10.1 Å². The van der Waals surface area contributed by atoms with Crippen LogP contribution in [0.4, 0.5) is 5.69 Å². The second-order valence-electron chi connectivity index (χ2n) is 7.14. The summed E-state index contributed by atoms with van der Waals surface area (Å²) < 4.78 is 6.56. The molecule has 1 N–H and O–H groups in total. The van der Waals surface area contributed by atoms with E-state index in [-0.39, 0.29) is 11.5 Å². The number of carbonyl (C=O) groups excluding carboxylic acids is 1. The highest BCUT2D eigenvalue weighted by atomic mass is 35.5. The van der Waals surface area contributed by atoms with E-state index < -0.39 is 6.04 Å². The molecule has 1 unspecified atom stereocenters. The Morgan fingerprint density at radius 3 is 2.65 bits per heavy atom. The number of halogens is 1. The molecule has 1 amide bonds. The minimum absolute atomic E-state index is 0.262. The zero-order valence-electron chi connectivity index (χ0n) is 17.2. The molecule has 2 aromatic heterocycles. The van der Waals surface area contributed by atoms with Crippen LogP contribution < -0.4 is 15.6 Å². The molecule has 0 aliphatic carbocycles. The molecule has 6 nitrogen and oxygen atoms in total. The molecule has 0 saturated heterocycles. The Morgan fingerprint density at radius 2 is 1.97 bits per heavy atom. The summed E-state index contributed by atoms with van der Waals surface area (Å²) in [5.41, 5.74) is 2.90. The SMILES string of the molecule is COc1ccc(-c2csc3ncn(C(C)C(=O)Nc4ccc(C)c(Cl)c4)c(=O)c23)cc1. The topological polar surface area (TPSA) is 73.2 Å². The van der Waals surface area contributed by atoms with E-state index in [4.69, 9.17) is 16.3 Å². The fourth-order valence-corrected chi connectivity index (χ4v) is 4.34. The third kappa shape index (κ3) is 4.06. The van der Waals surface area contributed by atoms with E-state index in [9.17, 15) is 9.59 Å². The largest absolute Gasteiger partial charge is 0.497 e. The molecule has 0 spiro atoms. The number of rotatable bonds is 5. The predicted molar refractivity (Wildman–Crippen MR) is 125 cm³/mol. The maximum Gasteiger partial charge on any atom is 0.263 e. The smallest absolute Gasteiger partial charge is 0.263 e. The van der Waals surface area contributed by atoms with Crippen LogP contribution in [0.15, 0.2) is 59.0 Å². The Kier molecular flexibility index (Phi) is 5.80. The Balaban J connectivity index is 1.68. The first kappa shape index (κ1) is 21.1. The molecule has 1 atom stereocenters. The average Bonchev–Trinajstić information content (AvgIpc) is 3.21. The molecule has 0 fully saturated rings. The normalized spacial score (nSPS) is 12.0. The molecule has 0 saturated carbocycles. The average molecular weight is 454 g/mol. The quantitative estimate of drug-likeness (QED) is 0.445. The van der Waals surface area contributed by atoms with Crippen molar-refractivity contribution in [1.82, 2.24) is 9.55 Å². The van der Waals surface area contributed by atoms with Crippen molar-refractivity contribution in [2.24, 2.45) is 0 Å². The lowest BCUT2D eigenvalue weighted by atomic mass is 10.1. The van der Waals surface area contributed by atoms with Crippen molar-refractivity contribution in [1.29, 1.82) is 0 Å². The molecular formula is C23H20ClN3O3S. The van der Waals surface area contributed by atoms with Gasteiger partial charge in [0.05, 0.1) is 18.8 Å². The lowest BCUT2D eigenvalue weighted by Crippen LogP contribution is -2.31. The minimum Gasteiger partial charge on any atom is -0.497 e. The van der Waals surface area contributed by atoms with Gasteiger partial charge in [-0.25, -0.2) is 4.98 Å². The number of fused-ring (bicyclic) bond motifs is 1. The highest BCUT2D eigenvalue weighted by Gasteiger charge is 2.20. The van der Waals surface area contributed by atoms with Gasteiger partial charge in [0.15, 0.2) is 0 Å². The number of nitrogens with one attached hydrogen (secondary N) is 1. The number of aromatic nitrogens is 2. The Morgan fingerprint density at radius 1 is 1.23 bits per heavy atom. The summed E-state index contributed by atoms with van der Waals surface area (Å²) in [6.07, 6.45) is 1.42. The lowest BCUT2D eigenvalue weighted by molar-refractivity contribution is -0.118. The summed E-state index contributed by atoms with van der Waals surface area (Å²) in [4.78, 5) is 31.2. The summed E-state index contributed by atoms with van der Waals surface area (Å²) in [6, 6.07) is 12.0. The molecule has 8 heteroatoms. The number of carbonyl (C=O) groups is 1. The number of aryl methyl sites for hydroxylation is 1. The van der Waals surface area contributed by atoms with E-state index >= 15 is 0 Å². The summed E-state index contributed by atoms with van der Waals surface area (Å²) in [5.74, 6) is 0.407. The predicted octanol–water partition coefficient (Wildman–Crippen LogP) is 5.30. The van der Waals surface area contributed by atoms with Crippen molar-refractivity contribution in [3.8, 4) is 16.9 Å². The van der Waals surface area contributed by atoms with Crippen molar-refractivity contribution >= 4 is 44.7 Å². The van der Waals surface area contributed by atoms with Crippen molar-refractivity contribution < 1.29 is 9.53 Å². The number of hydrogen-bond donors (Lipinski definition) is 1. The molecular weight excluding hydrogens is 434 g/mol. The monoisotopic (exact) mass is 453 g/mol. The number of benzene rings is 2. The number of hydrogen-bond acceptors (Lipinski definition) is 5. The first-order valence-corrected chi connectivity index (χ1v) is 10.8. The van der Waals surface area contributed by atoms with Crippen molar-refractivity contribution in [2.45, 2.75) is 19.9 Å². The third-order valence-electron chi connectivity index (χ3n) is 5.16. The summed E-state index contributed by atoms with van der Waals surface area (Å²) >= 11 is 7.54. The van der Waals surface area contributed by atoms with E-state index in [1.54, 1.807) is 26.2 Å². The van der Waals surface area contributed by atoms with Crippen LogP contribution in [0.1, 0.15) is 18.5 Å².